The molecule has 0 aliphatic heterocycles. The number of nitrogens with zero attached hydrogens (tertiary/aromatic N) is 1. The maximum absolute atomic E-state index is 12.9. The number of nitrogens with two attached hydrogens (primary N) is 2. The van der Waals surface area contributed by atoms with Gasteiger partial charge in [-0.05, 0) is 30.9 Å². The van der Waals surface area contributed by atoms with Crippen LogP contribution < -0.4 is 21.8 Å². The first-order valence-electron chi connectivity index (χ1n) is 10.7. The van der Waals surface area contributed by atoms with Gasteiger partial charge in [0.1, 0.15) is 17.6 Å². The highest BCUT2D eigenvalue weighted by Gasteiger charge is 2.26. The Balaban J connectivity index is 1.83. The van der Waals surface area contributed by atoms with Crippen molar-refractivity contribution < 1.29 is 19.7 Å². The Bertz CT molecular complexity index is 1070. The first kappa shape index (κ1) is 23.5. The van der Waals surface area contributed by atoms with Crippen molar-refractivity contribution >= 4 is 17.8 Å². The number of carbonyl (C=O) groups is 2. The van der Waals surface area contributed by atoms with Crippen LogP contribution in [0, 0.1) is 6.92 Å². The third-order valence-electron chi connectivity index (χ3n) is 5.26. The summed E-state index contributed by atoms with van der Waals surface area (Å²) in [5.41, 5.74) is 13.5. The average Bonchev–Trinajstić information content (AvgIpc) is 3.18. The predicted octanol–water partition coefficient (Wildman–Crippen LogP) is 0.216. The van der Waals surface area contributed by atoms with Crippen molar-refractivity contribution in [3.63, 3.8) is 0 Å². The van der Waals surface area contributed by atoms with Crippen LogP contribution in [0.2, 0.25) is 0 Å². The van der Waals surface area contributed by atoms with Crippen molar-refractivity contribution in [2.75, 3.05) is 6.54 Å². The number of benzene rings is 2. The molecule has 0 saturated heterocycles. The number of carboxylic acid groups (broad SMARTS) is 1. The molecule has 0 aliphatic carbocycles. The minimum atomic E-state index is -1.12. The third kappa shape index (κ3) is 6.19. The fraction of sp³-hybridized carbons (Fsp3) is 0.250. The van der Waals surface area contributed by atoms with Crippen LogP contribution in [-0.2, 0) is 4.79 Å². The van der Waals surface area contributed by atoms with E-state index in [1.807, 2.05) is 60.7 Å². The van der Waals surface area contributed by atoms with E-state index < -0.39 is 17.9 Å². The lowest BCUT2D eigenvalue weighted by Gasteiger charge is -2.16. The molecular formula is C24H29N6O3+. The molecule has 0 unspecified atom stereocenters. The molecule has 1 atom stereocenters. The van der Waals surface area contributed by atoms with Crippen LogP contribution in [0.1, 0.15) is 51.9 Å². The summed E-state index contributed by atoms with van der Waals surface area (Å²) in [5, 5.41) is 12.1. The van der Waals surface area contributed by atoms with Crippen molar-refractivity contribution in [3.8, 4) is 0 Å². The molecule has 8 N–H and O–H groups in total. The molecule has 1 heterocycles. The van der Waals surface area contributed by atoms with Gasteiger partial charge in [0, 0.05) is 5.69 Å². The number of nitrogens with one attached hydrogen (secondary N) is 3. The summed E-state index contributed by atoms with van der Waals surface area (Å²) < 4.78 is 0. The van der Waals surface area contributed by atoms with E-state index in [0.717, 1.165) is 11.1 Å². The van der Waals surface area contributed by atoms with E-state index in [-0.39, 0.29) is 24.0 Å². The molecule has 33 heavy (non-hydrogen) atoms. The lowest BCUT2D eigenvalue weighted by molar-refractivity contribution is -0.459. The van der Waals surface area contributed by atoms with Gasteiger partial charge in [-0.1, -0.05) is 60.7 Å². The number of aryl methyl sites for hydroxylation is 1. The van der Waals surface area contributed by atoms with Crippen LogP contribution in [0.3, 0.4) is 0 Å². The molecule has 0 aliphatic rings. The highest BCUT2D eigenvalue weighted by Crippen LogP contribution is 2.30. The van der Waals surface area contributed by atoms with Gasteiger partial charge >= 0.3 is 11.9 Å². The molecule has 0 bridgehead atoms. The van der Waals surface area contributed by atoms with E-state index in [9.17, 15) is 14.7 Å². The van der Waals surface area contributed by atoms with Gasteiger partial charge in [0.2, 0.25) is 0 Å². The Kier molecular flexibility index (Phi) is 7.80. The van der Waals surface area contributed by atoms with Crippen molar-refractivity contribution in [2.24, 2.45) is 11.5 Å². The van der Waals surface area contributed by atoms with Crippen molar-refractivity contribution in [2.45, 2.75) is 31.7 Å². The normalized spacial score (nSPS) is 11.7. The largest absolute Gasteiger partial charge is 0.480 e. The summed E-state index contributed by atoms with van der Waals surface area (Å²) >= 11 is 0. The lowest BCUT2D eigenvalue weighted by Crippen LogP contribution is -2.78. The molecule has 9 nitrogen and oxygen atoms in total. The molecule has 1 amide bonds. The summed E-state index contributed by atoms with van der Waals surface area (Å²) in [7, 11) is 0. The molecule has 3 aromatic rings. The van der Waals surface area contributed by atoms with Gasteiger partial charge < -0.3 is 15.4 Å². The Labute approximate surface area is 192 Å². The second kappa shape index (κ2) is 10.9. The third-order valence-corrected chi connectivity index (χ3v) is 5.26. The number of hydrogen-bond donors (Lipinski definition) is 6. The highest BCUT2D eigenvalue weighted by molar-refractivity contribution is 5.96. The van der Waals surface area contributed by atoms with Gasteiger partial charge in [-0.3, -0.25) is 21.3 Å². The first-order valence-corrected chi connectivity index (χ1v) is 10.7. The van der Waals surface area contributed by atoms with Gasteiger partial charge in [0.25, 0.3) is 5.91 Å². The number of aliphatic carboxylic acids is 1. The topological polar surface area (TPSA) is 161 Å². The fourth-order valence-electron chi connectivity index (χ4n) is 3.66. The summed E-state index contributed by atoms with van der Waals surface area (Å²) in [5.74, 6) is -1.18. The van der Waals surface area contributed by atoms with Gasteiger partial charge in [-0.25, -0.2) is 9.78 Å². The number of aromatic amines is 1. The lowest BCUT2D eigenvalue weighted by atomic mass is 9.91. The highest BCUT2D eigenvalue weighted by atomic mass is 16.4. The molecule has 3 rings (SSSR count). The summed E-state index contributed by atoms with van der Waals surface area (Å²) in [6, 6.07) is 18.7. The molecule has 1 aromatic heterocycles. The Hall–Kier alpha value is -4.14. The molecule has 0 saturated carbocycles. The summed E-state index contributed by atoms with van der Waals surface area (Å²) in [4.78, 5) is 35.1. The maximum Gasteiger partial charge on any atom is 0.338 e. The SMILES string of the molecule is Cc1[nH]c(C(c2ccccc2)c2ccccc2)nc1C(=O)N[C@@H](CCC[NH+]=C(N)N)C(=O)O. The number of rotatable bonds is 10. The van der Waals surface area contributed by atoms with Gasteiger partial charge in [0.15, 0.2) is 0 Å². The Morgan fingerprint density at radius 1 is 1.06 bits per heavy atom. The Morgan fingerprint density at radius 3 is 2.15 bits per heavy atom. The van der Waals surface area contributed by atoms with Crippen LogP contribution in [0.25, 0.3) is 0 Å². The van der Waals surface area contributed by atoms with Gasteiger partial charge in [-0.2, -0.15) is 0 Å². The molecular weight excluding hydrogens is 420 g/mol. The van der Waals surface area contributed by atoms with Crippen LogP contribution >= 0.6 is 0 Å². The predicted molar refractivity (Wildman–Crippen MR) is 124 cm³/mol. The van der Waals surface area contributed by atoms with Crippen LogP contribution in [0.4, 0.5) is 0 Å². The van der Waals surface area contributed by atoms with E-state index in [2.05, 4.69) is 20.3 Å². The number of carboxylic acids is 1. The molecule has 0 fully saturated rings. The van der Waals surface area contributed by atoms with E-state index >= 15 is 0 Å². The first-order chi connectivity index (χ1) is 15.9. The van der Waals surface area contributed by atoms with Gasteiger partial charge in [-0.15, -0.1) is 0 Å². The summed E-state index contributed by atoms with van der Waals surface area (Å²) in [6.45, 7) is 2.15. The molecule has 172 valence electrons. The minimum absolute atomic E-state index is 0.0666. The van der Waals surface area contributed by atoms with E-state index in [0.29, 0.717) is 24.5 Å². The number of guanidine groups is 1. The average molecular weight is 450 g/mol. The second-order valence-corrected chi connectivity index (χ2v) is 7.74. The monoisotopic (exact) mass is 449 g/mol. The van der Waals surface area contributed by atoms with Crippen molar-refractivity contribution in [1.29, 1.82) is 0 Å². The fourth-order valence-corrected chi connectivity index (χ4v) is 3.66. The molecule has 0 radical (unpaired) electrons. The zero-order valence-corrected chi connectivity index (χ0v) is 18.4. The van der Waals surface area contributed by atoms with E-state index in [1.54, 1.807) is 6.92 Å². The maximum atomic E-state index is 12.9. The van der Waals surface area contributed by atoms with Crippen LogP contribution in [0.5, 0.6) is 0 Å². The van der Waals surface area contributed by atoms with E-state index in [4.69, 9.17) is 11.5 Å². The van der Waals surface area contributed by atoms with E-state index in [1.165, 1.54) is 0 Å². The number of carbonyl (C=O) groups excluding carboxylic acids is 1. The smallest absolute Gasteiger partial charge is 0.338 e. The van der Waals surface area contributed by atoms with Crippen LogP contribution in [0.15, 0.2) is 60.7 Å². The zero-order chi connectivity index (χ0) is 23.8. The number of aromatic nitrogens is 2. The Morgan fingerprint density at radius 2 is 1.64 bits per heavy atom. The zero-order valence-electron chi connectivity index (χ0n) is 18.4. The molecule has 9 heteroatoms. The van der Waals surface area contributed by atoms with Crippen molar-refractivity contribution in [1.82, 2.24) is 15.3 Å². The molecule has 2 aromatic carbocycles. The van der Waals surface area contributed by atoms with Crippen molar-refractivity contribution in [3.05, 3.63) is 89.0 Å². The number of amides is 1. The standard InChI is InChI=1S/C24H28N6O3/c1-15-20(22(31)29-18(23(32)33)13-8-14-27-24(25)26)30-21(28-15)19(16-9-4-2-5-10-16)17-11-6-3-7-12-17/h2-7,9-12,18-19H,8,13-14H2,1H3,(H,28,30)(H,29,31)(H,32,33)(H4,25,26,27)/p+1/t18-/m0/s1. The number of hydrogen-bond acceptors (Lipinski definition) is 3. The number of H-pyrrole nitrogens is 1. The quantitative estimate of drug-likeness (QED) is 0.147. The second-order valence-electron chi connectivity index (χ2n) is 7.74. The van der Waals surface area contributed by atoms with Gasteiger partial charge in [0.05, 0.1) is 12.5 Å². The number of imidazole rings is 1. The summed E-state index contributed by atoms with van der Waals surface area (Å²) in [6.07, 6.45) is 0.679. The minimum Gasteiger partial charge on any atom is -0.480 e. The van der Waals surface area contributed by atoms with Crippen LogP contribution in [-0.4, -0.2) is 45.5 Å². The molecule has 0 spiro atoms.